The Kier molecular flexibility index (Phi) is 4.05. The van der Waals surface area contributed by atoms with Gasteiger partial charge in [-0.25, -0.2) is 4.79 Å². The number of ether oxygens (including phenoxy) is 3. The highest BCUT2D eigenvalue weighted by Gasteiger charge is 2.83. The zero-order chi connectivity index (χ0) is 21.2. The standard InChI is InChI=1S/C21H24N2O6/c1-19(2,3)29-18(26)23-14-8-12(6-7-13(14)9-22-23)15-20(16(24)27-4)10-21(15,11-20)17(25)28-5/h6-9,15H,10-11H2,1-5H3. The van der Waals surface area contributed by atoms with Crippen LogP contribution in [0.2, 0.25) is 0 Å². The van der Waals surface area contributed by atoms with Gasteiger partial charge >= 0.3 is 18.0 Å². The Bertz CT molecular complexity index is 997. The van der Waals surface area contributed by atoms with Crippen LogP contribution in [0.1, 0.15) is 45.1 Å². The molecule has 3 aliphatic carbocycles. The predicted molar refractivity (Wildman–Crippen MR) is 102 cm³/mol. The molecule has 1 aromatic carbocycles. The second-order valence-corrected chi connectivity index (χ2v) is 8.94. The number of fused-ring (bicyclic) bond motifs is 1. The van der Waals surface area contributed by atoms with Crippen LogP contribution in [-0.4, -0.2) is 47.6 Å². The van der Waals surface area contributed by atoms with Gasteiger partial charge in [-0.15, -0.1) is 0 Å². The minimum Gasteiger partial charge on any atom is -0.469 e. The molecule has 0 N–H and O–H groups in total. The molecule has 1 aromatic heterocycles. The molecule has 3 fully saturated rings. The molecule has 0 atom stereocenters. The van der Waals surface area contributed by atoms with Crippen molar-refractivity contribution in [1.82, 2.24) is 9.78 Å². The zero-order valence-electron chi connectivity index (χ0n) is 17.1. The van der Waals surface area contributed by atoms with E-state index in [9.17, 15) is 14.4 Å². The SMILES string of the molecule is COC(=O)C12CC(C(=O)OC)(C1)C2c1ccc2cnn(C(=O)OC(C)(C)C)c2c1. The predicted octanol–water partition coefficient (Wildman–Crippen LogP) is 3.03. The molecule has 3 aliphatic rings. The molecule has 2 aromatic rings. The second kappa shape index (κ2) is 6.05. The third-order valence-corrected chi connectivity index (χ3v) is 6.05. The number of aromatic nitrogens is 2. The molecule has 2 bridgehead atoms. The first kappa shape index (κ1) is 19.4. The van der Waals surface area contributed by atoms with E-state index in [1.54, 1.807) is 33.0 Å². The topological polar surface area (TPSA) is 96.7 Å². The van der Waals surface area contributed by atoms with Crippen molar-refractivity contribution >= 4 is 28.9 Å². The third kappa shape index (κ3) is 2.58. The summed E-state index contributed by atoms with van der Waals surface area (Å²) in [6.07, 6.45) is 1.81. The first-order valence-electron chi connectivity index (χ1n) is 9.46. The Morgan fingerprint density at radius 2 is 1.66 bits per heavy atom. The van der Waals surface area contributed by atoms with Crippen molar-refractivity contribution < 1.29 is 28.6 Å². The molecule has 0 aliphatic heterocycles. The van der Waals surface area contributed by atoms with Gasteiger partial charge in [0.05, 0.1) is 36.8 Å². The first-order chi connectivity index (χ1) is 13.6. The number of benzene rings is 1. The maximum absolute atomic E-state index is 12.5. The van der Waals surface area contributed by atoms with Crippen molar-refractivity contribution in [2.45, 2.75) is 45.1 Å². The van der Waals surface area contributed by atoms with E-state index in [0.717, 1.165) is 10.9 Å². The summed E-state index contributed by atoms with van der Waals surface area (Å²) in [5.41, 5.74) is -0.785. The fourth-order valence-corrected chi connectivity index (χ4v) is 4.98. The smallest absolute Gasteiger partial charge is 0.435 e. The first-order valence-corrected chi connectivity index (χ1v) is 9.46. The second-order valence-electron chi connectivity index (χ2n) is 8.94. The van der Waals surface area contributed by atoms with Crippen molar-refractivity contribution in [2.75, 3.05) is 14.2 Å². The van der Waals surface area contributed by atoms with Crippen molar-refractivity contribution in [2.24, 2.45) is 10.8 Å². The molecular formula is C21H24N2O6. The fraction of sp³-hybridized carbons (Fsp3) is 0.524. The average molecular weight is 400 g/mol. The Hall–Kier alpha value is -2.90. The molecule has 0 saturated heterocycles. The van der Waals surface area contributed by atoms with E-state index in [4.69, 9.17) is 14.2 Å². The summed E-state index contributed by atoms with van der Waals surface area (Å²) in [7, 11) is 2.71. The summed E-state index contributed by atoms with van der Waals surface area (Å²) in [6, 6.07) is 5.48. The summed E-state index contributed by atoms with van der Waals surface area (Å²) in [4.78, 5) is 37.5. The maximum Gasteiger partial charge on any atom is 0.435 e. The molecule has 29 heavy (non-hydrogen) atoms. The summed E-state index contributed by atoms with van der Waals surface area (Å²) in [5, 5.41) is 4.91. The average Bonchev–Trinajstić information content (AvgIpc) is 3.01. The highest BCUT2D eigenvalue weighted by molar-refractivity contribution is 5.95. The van der Waals surface area contributed by atoms with E-state index in [-0.39, 0.29) is 17.9 Å². The summed E-state index contributed by atoms with van der Waals surface area (Å²) in [6.45, 7) is 5.35. The van der Waals surface area contributed by atoms with Crippen molar-refractivity contribution in [3.05, 3.63) is 30.0 Å². The zero-order valence-corrected chi connectivity index (χ0v) is 17.1. The van der Waals surface area contributed by atoms with Crippen LogP contribution in [0.25, 0.3) is 10.9 Å². The Morgan fingerprint density at radius 1 is 1.07 bits per heavy atom. The van der Waals surface area contributed by atoms with E-state index in [0.29, 0.717) is 18.4 Å². The molecule has 154 valence electrons. The van der Waals surface area contributed by atoms with Crippen LogP contribution in [0.4, 0.5) is 4.79 Å². The lowest BCUT2D eigenvalue weighted by Crippen LogP contribution is -2.74. The van der Waals surface area contributed by atoms with E-state index in [1.165, 1.54) is 18.9 Å². The number of hydrogen-bond acceptors (Lipinski definition) is 7. The van der Waals surface area contributed by atoms with E-state index < -0.39 is 22.5 Å². The van der Waals surface area contributed by atoms with Crippen LogP contribution < -0.4 is 0 Å². The van der Waals surface area contributed by atoms with Crippen LogP contribution in [0.15, 0.2) is 24.4 Å². The van der Waals surface area contributed by atoms with Gasteiger partial charge in [-0.2, -0.15) is 9.78 Å². The van der Waals surface area contributed by atoms with E-state index >= 15 is 0 Å². The molecule has 1 heterocycles. The largest absolute Gasteiger partial charge is 0.469 e. The molecule has 0 amide bonds. The van der Waals surface area contributed by atoms with Crippen LogP contribution in [0, 0.1) is 10.8 Å². The van der Waals surface area contributed by atoms with Crippen molar-refractivity contribution in [3.8, 4) is 0 Å². The van der Waals surface area contributed by atoms with Crippen LogP contribution in [0.5, 0.6) is 0 Å². The van der Waals surface area contributed by atoms with Gasteiger partial charge in [0.1, 0.15) is 5.60 Å². The number of carbonyl (C=O) groups excluding carboxylic acids is 3. The lowest BCUT2D eigenvalue weighted by atomic mass is 9.28. The fourth-order valence-electron chi connectivity index (χ4n) is 4.98. The van der Waals surface area contributed by atoms with Gasteiger partial charge in [-0.3, -0.25) is 9.59 Å². The maximum atomic E-state index is 12.5. The van der Waals surface area contributed by atoms with E-state index in [2.05, 4.69) is 5.10 Å². The lowest BCUT2D eigenvalue weighted by Gasteiger charge is -2.72. The lowest BCUT2D eigenvalue weighted by molar-refractivity contribution is -0.249. The summed E-state index contributed by atoms with van der Waals surface area (Å²) in [5.74, 6) is -1.01. The molecule has 3 saturated carbocycles. The van der Waals surface area contributed by atoms with Crippen LogP contribution in [-0.2, 0) is 23.8 Å². The van der Waals surface area contributed by atoms with Gasteiger partial charge < -0.3 is 14.2 Å². The van der Waals surface area contributed by atoms with E-state index in [1.807, 2.05) is 12.1 Å². The minimum absolute atomic E-state index is 0.325. The highest BCUT2D eigenvalue weighted by Crippen LogP contribution is 2.81. The van der Waals surface area contributed by atoms with Gasteiger partial charge in [0.15, 0.2) is 0 Å². The highest BCUT2D eigenvalue weighted by atomic mass is 16.6. The Balaban J connectivity index is 1.75. The van der Waals surface area contributed by atoms with Gasteiger partial charge in [-0.05, 0) is 45.2 Å². The van der Waals surface area contributed by atoms with Crippen LogP contribution in [0.3, 0.4) is 0 Å². The Morgan fingerprint density at radius 3 is 2.17 bits per heavy atom. The number of hydrogen-bond donors (Lipinski definition) is 0. The number of esters is 2. The minimum atomic E-state index is -0.729. The number of rotatable bonds is 3. The van der Waals surface area contributed by atoms with Gasteiger partial charge in [-0.1, -0.05) is 12.1 Å². The molecule has 0 radical (unpaired) electrons. The normalized spacial score (nSPS) is 27.6. The monoisotopic (exact) mass is 400 g/mol. The molecular weight excluding hydrogens is 376 g/mol. The molecule has 5 rings (SSSR count). The van der Waals surface area contributed by atoms with Gasteiger partial charge in [0.2, 0.25) is 0 Å². The van der Waals surface area contributed by atoms with Gasteiger partial charge in [0, 0.05) is 11.3 Å². The Labute approximate surface area is 168 Å². The number of nitrogens with zero attached hydrogens (tertiary/aromatic N) is 2. The van der Waals surface area contributed by atoms with Crippen LogP contribution >= 0.6 is 0 Å². The van der Waals surface area contributed by atoms with Crippen molar-refractivity contribution in [3.63, 3.8) is 0 Å². The quantitative estimate of drug-likeness (QED) is 0.577. The molecule has 8 heteroatoms. The number of carbonyl (C=O) groups is 3. The third-order valence-electron chi connectivity index (χ3n) is 6.05. The van der Waals surface area contributed by atoms with Crippen molar-refractivity contribution in [1.29, 1.82) is 0 Å². The molecule has 8 nitrogen and oxygen atoms in total. The number of methoxy groups -OCH3 is 2. The van der Waals surface area contributed by atoms with Gasteiger partial charge in [0.25, 0.3) is 0 Å². The molecule has 0 unspecified atom stereocenters. The summed E-state index contributed by atoms with van der Waals surface area (Å²) >= 11 is 0. The summed E-state index contributed by atoms with van der Waals surface area (Å²) < 4.78 is 16.6. The molecule has 0 spiro atoms.